The largest absolute Gasteiger partial charge is 0.324 e. The van der Waals surface area contributed by atoms with Gasteiger partial charge in [0, 0.05) is 39.2 Å². The SMILES string of the molecule is Clc1cc2c(c(Cl)c1Cl)-c1nc-2nc2c3ccccc3c(nc3nc(nc4[nH]c(n1)c1c(Cl)c(Cl)c(Cl)c(Cl)c41)-c1ccccc1-3)n2Cl. The fourth-order valence-electron chi connectivity index (χ4n) is 5.92. The molecule has 2 aliphatic heterocycles. The van der Waals surface area contributed by atoms with E-state index in [0.29, 0.717) is 50.2 Å². The van der Waals surface area contributed by atoms with Gasteiger partial charge >= 0.3 is 0 Å². The summed E-state index contributed by atoms with van der Waals surface area (Å²) in [5.41, 5.74) is 3.54. The van der Waals surface area contributed by atoms with Gasteiger partial charge in [-0.2, -0.15) is 0 Å². The molecule has 5 heterocycles. The van der Waals surface area contributed by atoms with Gasteiger partial charge in [0.05, 0.1) is 51.5 Å². The minimum atomic E-state index is 0.0379. The molecule has 234 valence electrons. The first-order valence-corrected chi connectivity index (χ1v) is 16.8. The molecule has 1 N–H and O–H groups in total. The van der Waals surface area contributed by atoms with E-state index in [1.54, 1.807) is 6.07 Å². The number of fused-ring (bicyclic) bond motifs is 20. The van der Waals surface area contributed by atoms with E-state index in [1.807, 2.05) is 48.5 Å². The van der Waals surface area contributed by atoms with Crippen molar-refractivity contribution in [3.05, 3.63) is 89.8 Å². The number of benzene rings is 4. The molecule has 0 unspecified atom stereocenters. The van der Waals surface area contributed by atoms with E-state index >= 15 is 0 Å². The predicted molar refractivity (Wildman–Crippen MR) is 196 cm³/mol. The summed E-state index contributed by atoms with van der Waals surface area (Å²) in [6, 6.07) is 16.7. The second-order valence-corrected chi connectivity index (χ2v) is 13.7. The molecule has 8 nitrogen and oxygen atoms in total. The first kappa shape index (κ1) is 30.6. The summed E-state index contributed by atoms with van der Waals surface area (Å²) in [5.74, 6) is 1.09. The van der Waals surface area contributed by atoms with Crippen LogP contribution in [0.25, 0.3) is 89.7 Å². The third-order valence-corrected chi connectivity index (χ3v) is 11.5. The van der Waals surface area contributed by atoms with Crippen molar-refractivity contribution < 1.29 is 0 Å². The number of rotatable bonds is 0. The van der Waals surface area contributed by atoms with E-state index in [9.17, 15) is 0 Å². The van der Waals surface area contributed by atoms with Gasteiger partial charge < -0.3 is 4.98 Å². The Bertz CT molecular complexity index is 2790. The Morgan fingerprint density at radius 1 is 0.479 bits per heavy atom. The van der Waals surface area contributed by atoms with E-state index in [2.05, 4.69) is 4.98 Å². The quantitative estimate of drug-likeness (QED) is 0.121. The third-order valence-electron chi connectivity index (χ3n) is 8.08. The molecule has 3 aromatic heterocycles. The highest BCUT2D eigenvalue weighted by Crippen LogP contribution is 2.48. The summed E-state index contributed by atoms with van der Waals surface area (Å²) in [6.45, 7) is 0. The van der Waals surface area contributed by atoms with Crippen LogP contribution < -0.4 is 0 Å². The summed E-state index contributed by atoms with van der Waals surface area (Å²) >= 11 is 53.6. The average molecular weight is 790 g/mol. The minimum Gasteiger partial charge on any atom is -0.324 e. The number of aromatic nitrogens is 8. The number of hydrogen-bond acceptors (Lipinski definition) is 6. The van der Waals surface area contributed by atoms with Crippen LogP contribution in [0.4, 0.5) is 0 Å². The molecular formula is C32H10Cl8N8. The molecule has 9 rings (SSSR count). The van der Waals surface area contributed by atoms with Crippen LogP contribution in [0.1, 0.15) is 0 Å². The van der Waals surface area contributed by atoms with Crippen molar-refractivity contribution in [3.8, 4) is 45.6 Å². The maximum absolute atomic E-state index is 7.02. The molecule has 0 saturated heterocycles. The molecule has 0 saturated carbocycles. The molecule has 0 atom stereocenters. The smallest absolute Gasteiger partial charge is 0.166 e. The van der Waals surface area contributed by atoms with Crippen molar-refractivity contribution in [1.82, 2.24) is 39.0 Å². The predicted octanol–water partition coefficient (Wildman–Crippen LogP) is 11.9. The highest BCUT2D eigenvalue weighted by molar-refractivity contribution is 6.56. The molecule has 0 fully saturated rings. The van der Waals surface area contributed by atoms with E-state index < -0.39 is 0 Å². The zero-order valence-electron chi connectivity index (χ0n) is 23.4. The molecule has 16 heteroatoms. The summed E-state index contributed by atoms with van der Waals surface area (Å²) in [5, 5.41) is 2.88. The molecule has 7 aromatic rings. The molecule has 2 aliphatic rings. The van der Waals surface area contributed by atoms with Crippen molar-refractivity contribution in [3.63, 3.8) is 0 Å². The monoisotopic (exact) mass is 786 g/mol. The first-order chi connectivity index (χ1) is 23.1. The molecule has 0 aliphatic carbocycles. The van der Waals surface area contributed by atoms with Crippen LogP contribution in [0, 0.1) is 0 Å². The number of nitrogens with zero attached hydrogens (tertiary/aromatic N) is 7. The lowest BCUT2D eigenvalue weighted by Crippen LogP contribution is -1.88. The van der Waals surface area contributed by atoms with Crippen LogP contribution in [0.2, 0.25) is 35.2 Å². The van der Waals surface area contributed by atoms with Crippen molar-refractivity contribution >= 4 is 137 Å². The van der Waals surface area contributed by atoms with Crippen LogP contribution in [0.5, 0.6) is 0 Å². The normalized spacial score (nSPS) is 12.2. The summed E-state index contributed by atoms with van der Waals surface area (Å²) in [6.07, 6.45) is 0. The molecule has 8 bridgehead atoms. The molecule has 48 heavy (non-hydrogen) atoms. The first-order valence-electron chi connectivity index (χ1n) is 13.9. The van der Waals surface area contributed by atoms with Crippen LogP contribution in [0.15, 0.2) is 54.6 Å². The highest BCUT2D eigenvalue weighted by atomic mass is 35.5. The molecular weight excluding hydrogens is 780 g/mol. The average Bonchev–Trinajstić information content (AvgIpc) is 3.79. The Balaban J connectivity index is 1.57. The lowest BCUT2D eigenvalue weighted by molar-refractivity contribution is 1.17. The van der Waals surface area contributed by atoms with E-state index in [-0.39, 0.29) is 58.1 Å². The van der Waals surface area contributed by atoms with Crippen LogP contribution in [0.3, 0.4) is 0 Å². The van der Waals surface area contributed by atoms with E-state index in [1.165, 1.54) is 4.09 Å². The third kappa shape index (κ3) is 4.31. The van der Waals surface area contributed by atoms with Gasteiger partial charge in [0.15, 0.2) is 34.6 Å². The highest BCUT2D eigenvalue weighted by Gasteiger charge is 2.28. The lowest BCUT2D eigenvalue weighted by atomic mass is 10.1. The molecule has 0 amide bonds. The Kier molecular flexibility index (Phi) is 7.04. The van der Waals surface area contributed by atoms with Crippen molar-refractivity contribution in [2.45, 2.75) is 0 Å². The maximum atomic E-state index is 7.02. The lowest BCUT2D eigenvalue weighted by Gasteiger charge is -2.06. The molecule has 0 spiro atoms. The van der Waals surface area contributed by atoms with Gasteiger partial charge in [-0.3, -0.25) is 0 Å². The summed E-state index contributed by atoms with van der Waals surface area (Å²) in [7, 11) is 0. The van der Waals surface area contributed by atoms with Crippen LogP contribution in [-0.4, -0.2) is 39.0 Å². The number of H-pyrrole nitrogens is 1. The van der Waals surface area contributed by atoms with Crippen LogP contribution in [-0.2, 0) is 0 Å². The number of nitrogens with one attached hydrogen (secondary N) is 1. The zero-order chi connectivity index (χ0) is 33.2. The van der Waals surface area contributed by atoms with Gasteiger partial charge in [-0.05, 0) is 6.07 Å². The second kappa shape index (κ2) is 11.0. The van der Waals surface area contributed by atoms with Crippen LogP contribution >= 0.6 is 93.0 Å². The summed E-state index contributed by atoms with van der Waals surface area (Å²) in [4.78, 5) is 32.5. The second-order valence-electron chi connectivity index (χ2n) is 10.7. The van der Waals surface area contributed by atoms with E-state index in [0.717, 1.165) is 16.5 Å². The Hall–Kier alpha value is -3.44. The minimum absolute atomic E-state index is 0.0379. The Morgan fingerprint density at radius 2 is 0.958 bits per heavy atom. The molecule has 4 aromatic carbocycles. The number of halogens is 8. The number of hydrogen-bond donors (Lipinski definition) is 1. The van der Waals surface area contributed by atoms with Gasteiger partial charge in [-0.1, -0.05) is 130 Å². The van der Waals surface area contributed by atoms with Crippen molar-refractivity contribution in [1.29, 1.82) is 0 Å². The van der Waals surface area contributed by atoms with Gasteiger partial charge in [-0.15, -0.1) is 0 Å². The fourth-order valence-corrected chi connectivity index (χ4v) is 7.90. The Labute approximate surface area is 309 Å². The van der Waals surface area contributed by atoms with Gasteiger partial charge in [-0.25, -0.2) is 34.0 Å². The van der Waals surface area contributed by atoms with Crippen molar-refractivity contribution in [2.24, 2.45) is 0 Å². The maximum Gasteiger partial charge on any atom is 0.166 e. The van der Waals surface area contributed by atoms with Gasteiger partial charge in [0.25, 0.3) is 0 Å². The fraction of sp³-hybridized carbons (Fsp3) is 0. The van der Waals surface area contributed by atoms with Crippen molar-refractivity contribution in [2.75, 3.05) is 0 Å². The zero-order valence-corrected chi connectivity index (χ0v) is 29.4. The topological polar surface area (TPSA) is 98.1 Å². The van der Waals surface area contributed by atoms with Gasteiger partial charge in [0.1, 0.15) is 11.3 Å². The standard InChI is InChI=1S/C32H10Cl8N8/c33-15-9-14-16(20(35)19(15)34)28-43-27(14)47-32-13-8-4-3-7-12(13)31(48(32)40)46-26-11-6-2-1-5-10(11)25(41-26)42-29-17-18(30(44-28)45-29)22(37)24(39)23(38)21(17)36/h1-9H,(H,41,42,43,44,45,46,47). The van der Waals surface area contributed by atoms with Gasteiger partial charge in [0.2, 0.25) is 0 Å². The Morgan fingerprint density at radius 3 is 1.54 bits per heavy atom. The number of aromatic amines is 1. The molecule has 0 radical (unpaired) electrons. The summed E-state index contributed by atoms with van der Waals surface area (Å²) < 4.78 is 1.36. The van der Waals surface area contributed by atoms with E-state index in [4.69, 9.17) is 123 Å².